The van der Waals surface area contributed by atoms with Gasteiger partial charge >= 0.3 is 0 Å². The van der Waals surface area contributed by atoms with Gasteiger partial charge in [0.25, 0.3) is 0 Å². The summed E-state index contributed by atoms with van der Waals surface area (Å²) in [6.45, 7) is 4.31. The summed E-state index contributed by atoms with van der Waals surface area (Å²) in [6, 6.07) is 0. The molecule has 0 unspecified atom stereocenters. The summed E-state index contributed by atoms with van der Waals surface area (Å²) in [7, 11) is 0. The molecule has 0 aliphatic rings. The summed E-state index contributed by atoms with van der Waals surface area (Å²) in [5.74, 6) is 0.511. The summed E-state index contributed by atoms with van der Waals surface area (Å²) in [4.78, 5) is 8.74. The van der Waals surface area contributed by atoms with E-state index in [4.69, 9.17) is 0 Å². The lowest BCUT2D eigenvalue weighted by Crippen LogP contribution is -1.85. The molecule has 0 bridgehead atoms. The topological polar surface area (TPSA) is 25.8 Å². The van der Waals surface area contributed by atoms with Gasteiger partial charge in [-0.2, -0.15) is 0 Å². The van der Waals surface area contributed by atoms with E-state index in [1.165, 1.54) is 5.01 Å². The molecule has 2 aromatic heterocycles. The lowest BCUT2D eigenvalue weighted by molar-refractivity contribution is 0.853. The normalized spacial score (nSPS) is 11.0. The molecule has 4 heteroatoms. The third-order valence-corrected chi connectivity index (χ3v) is 3.44. The van der Waals surface area contributed by atoms with Gasteiger partial charge < -0.3 is 0 Å². The van der Waals surface area contributed by atoms with Crippen molar-refractivity contribution in [2.24, 2.45) is 0 Å². The van der Waals surface area contributed by atoms with Crippen LogP contribution in [0.3, 0.4) is 0 Å². The third-order valence-electron chi connectivity index (χ3n) is 1.71. The van der Waals surface area contributed by atoms with E-state index in [-0.39, 0.29) is 0 Å². The van der Waals surface area contributed by atoms with Crippen LogP contribution in [0, 0.1) is 0 Å². The quantitative estimate of drug-likeness (QED) is 0.759. The van der Waals surface area contributed by atoms with Crippen LogP contribution in [0.25, 0.3) is 11.4 Å². The maximum absolute atomic E-state index is 4.51. The summed E-state index contributed by atoms with van der Waals surface area (Å²) in [5, 5.41) is 5.28. The predicted molar refractivity (Wildman–Crippen MR) is 57.3 cm³/mol. The Balaban J connectivity index is 2.33. The van der Waals surface area contributed by atoms with Crippen LogP contribution in [0.2, 0.25) is 0 Å². The molecule has 0 atom stereocenters. The third kappa shape index (κ3) is 1.78. The number of hydrogen-bond acceptors (Lipinski definition) is 4. The monoisotopic (exact) mass is 210 g/mol. The summed E-state index contributed by atoms with van der Waals surface area (Å²) in [5.41, 5.74) is 3.84. The van der Waals surface area contributed by atoms with Gasteiger partial charge in [0.15, 0.2) is 0 Å². The Bertz CT molecular complexity index is 376. The van der Waals surface area contributed by atoms with Crippen LogP contribution in [0.15, 0.2) is 16.3 Å². The molecule has 0 radical (unpaired) electrons. The highest BCUT2D eigenvalue weighted by molar-refractivity contribution is 7.10. The first-order valence-electron chi connectivity index (χ1n) is 4.11. The lowest BCUT2D eigenvalue weighted by atomic mass is 10.2. The number of aromatic nitrogens is 2. The van der Waals surface area contributed by atoms with E-state index >= 15 is 0 Å². The SMILES string of the molecule is CC(C)c1nc(-c2cscn2)cs1. The van der Waals surface area contributed by atoms with Crippen LogP contribution in [-0.2, 0) is 0 Å². The van der Waals surface area contributed by atoms with Gasteiger partial charge in [-0.3, -0.25) is 0 Å². The van der Waals surface area contributed by atoms with E-state index in [1.54, 1.807) is 22.7 Å². The molecule has 2 rings (SSSR count). The summed E-state index contributed by atoms with van der Waals surface area (Å²) >= 11 is 3.31. The highest BCUT2D eigenvalue weighted by atomic mass is 32.1. The standard InChI is InChI=1S/C9H10N2S2/c1-6(2)9-11-8(4-13-9)7-3-12-5-10-7/h3-6H,1-2H3. The highest BCUT2D eigenvalue weighted by Crippen LogP contribution is 2.25. The fraction of sp³-hybridized carbons (Fsp3) is 0.333. The van der Waals surface area contributed by atoms with Crippen molar-refractivity contribution in [1.82, 2.24) is 9.97 Å². The molecule has 0 spiro atoms. The molecule has 2 heterocycles. The van der Waals surface area contributed by atoms with E-state index in [1.807, 2.05) is 10.9 Å². The Morgan fingerprint density at radius 3 is 2.62 bits per heavy atom. The largest absolute Gasteiger partial charge is 0.243 e. The van der Waals surface area contributed by atoms with E-state index in [0.29, 0.717) is 5.92 Å². The number of nitrogens with zero attached hydrogens (tertiary/aromatic N) is 2. The van der Waals surface area contributed by atoms with Gasteiger partial charge in [0.1, 0.15) is 11.4 Å². The fourth-order valence-electron chi connectivity index (χ4n) is 1.01. The Morgan fingerprint density at radius 1 is 1.23 bits per heavy atom. The average Bonchev–Trinajstić information content (AvgIpc) is 2.75. The van der Waals surface area contributed by atoms with Gasteiger partial charge in [-0.15, -0.1) is 22.7 Å². The Kier molecular flexibility index (Phi) is 2.42. The van der Waals surface area contributed by atoms with Gasteiger partial charge in [0, 0.05) is 16.7 Å². The molecule has 0 aromatic carbocycles. The Labute approximate surface area is 85.3 Å². The second kappa shape index (κ2) is 3.55. The van der Waals surface area contributed by atoms with E-state index in [9.17, 15) is 0 Å². The van der Waals surface area contributed by atoms with Gasteiger partial charge in [0.2, 0.25) is 0 Å². The minimum Gasteiger partial charge on any atom is -0.243 e. The van der Waals surface area contributed by atoms with Crippen LogP contribution in [0.1, 0.15) is 24.8 Å². The van der Waals surface area contributed by atoms with Crippen LogP contribution < -0.4 is 0 Å². The summed E-state index contributed by atoms with van der Waals surface area (Å²) in [6.07, 6.45) is 0. The molecule has 0 saturated heterocycles. The molecule has 0 aliphatic carbocycles. The van der Waals surface area contributed by atoms with Crippen molar-refractivity contribution in [3.63, 3.8) is 0 Å². The number of hydrogen-bond donors (Lipinski definition) is 0. The lowest BCUT2D eigenvalue weighted by Gasteiger charge is -1.95. The van der Waals surface area contributed by atoms with Gasteiger partial charge in [-0.1, -0.05) is 13.8 Å². The van der Waals surface area contributed by atoms with Crippen molar-refractivity contribution < 1.29 is 0 Å². The van der Waals surface area contributed by atoms with E-state index in [2.05, 4.69) is 29.2 Å². The Morgan fingerprint density at radius 2 is 2.08 bits per heavy atom. The molecular formula is C9H10N2S2. The van der Waals surface area contributed by atoms with Gasteiger partial charge in [0.05, 0.1) is 10.5 Å². The van der Waals surface area contributed by atoms with Crippen LogP contribution >= 0.6 is 22.7 Å². The molecule has 2 aromatic rings. The minimum absolute atomic E-state index is 0.511. The molecule has 2 nitrogen and oxygen atoms in total. The Hall–Kier alpha value is -0.740. The molecule has 0 amide bonds. The van der Waals surface area contributed by atoms with Gasteiger partial charge in [-0.25, -0.2) is 9.97 Å². The maximum Gasteiger partial charge on any atom is 0.101 e. The number of thiazole rings is 2. The molecule has 0 aliphatic heterocycles. The molecule has 0 N–H and O–H groups in total. The molecular weight excluding hydrogens is 200 g/mol. The average molecular weight is 210 g/mol. The maximum atomic E-state index is 4.51. The molecule has 13 heavy (non-hydrogen) atoms. The predicted octanol–water partition coefficient (Wildman–Crippen LogP) is 3.39. The van der Waals surface area contributed by atoms with Crippen molar-refractivity contribution in [3.05, 3.63) is 21.3 Å². The zero-order chi connectivity index (χ0) is 9.26. The van der Waals surface area contributed by atoms with Crippen molar-refractivity contribution in [2.45, 2.75) is 19.8 Å². The second-order valence-corrected chi connectivity index (χ2v) is 4.71. The van der Waals surface area contributed by atoms with Crippen LogP contribution in [-0.4, -0.2) is 9.97 Å². The van der Waals surface area contributed by atoms with Crippen molar-refractivity contribution in [3.8, 4) is 11.4 Å². The smallest absolute Gasteiger partial charge is 0.101 e. The van der Waals surface area contributed by atoms with Crippen molar-refractivity contribution in [2.75, 3.05) is 0 Å². The number of rotatable bonds is 2. The first-order chi connectivity index (χ1) is 6.27. The first kappa shape index (κ1) is 8.84. The van der Waals surface area contributed by atoms with E-state index < -0.39 is 0 Å². The zero-order valence-electron chi connectivity index (χ0n) is 7.52. The molecule has 68 valence electrons. The minimum atomic E-state index is 0.511. The first-order valence-corrected chi connectivity index (χ1v) is 5.93. The van der Waals surface area contributed by atoms with Gasteiger partial charge in [-0.05, 0) is 0 Å². The fourth-order valence-corrected chi connectivity index (χ4v) is 2.38. The molecule has 0 fully saturated rings. The summed E-state index contributed by atoms with van der Waals surface area (Å²) < 4.78 is 0. The zero-order valence-corrected chi connectivity index (χ0v) is 9.15. The van der Waals surface area contributed by atoms with Crippen LogP contribution in [0.5, 0.6) is 0 Å². The van der Waals surface area contributed by atoms with Crippen molar-refractivity contribution in [1.29, 1.82) is 0 Å². The highest BCUT2D eigenvalue weighted by Gasteiger charge is 2.07. The van der Waals surface area contributed by atoms with Crippen LogP contribution in [0.4, 0.5) is 0 Å². The van der Waals surface area contributed by atoms with Crippen molar-refractivity contribution >= 4 is 22.7 Å². The van der Waals surface area contributed by atoms with E-state index in [0.717, 1.165) is 11.4 Å². The molecule has 0 saturated carbocycles. The second-order valence-electron chi connectivity index (χ2n) is 3.10.